The summed E-state index contributed by atoms with van der Waals surface area (Å²) in [7, 11) is 0. The standard InChI is InChI=1S/C11H12N2O3/c1-2-16-11(14)9-7-5-3-4-6-8(7)13(15)10(9)12/h3-6,15H,2,12H2,1H3. The predicted molar refractivity (Wildman–Crippen MR) is 59.5 cm³/mol. The molecule has 0 unspecified atom stereocenters. The Morgan fingerprint density at radius 1 is 1.50 bits per heavy atom. The van der Waals surface area contributed by atoms with Crippen LogP contribution in [0.25, 0.3) is 10.9 Å². The second-order valence-electron chi connectivity index (χ2n) is 3.31. The SMILES string of the molecule is CCOC(=O)c1c(N)n(O)c2ccccc12. The maximum atomic E-state index is 11.7. The van der Waals surface area contributed by atoms with Crippen molar-refractivity contribution >= 4 is 22.7 Å². The van der Waals surface area contributed by atoms with Gasteiger partial charge in [-0.1, -0.05) is 18.2 Å². The summed E-state index contributed by atoms with van der Waals surface area (Å²) < 4.78 is 5.68. The van der Waals surface area contributed by atoms with E-state index in [0.717, 1.165) is 4.73 Å². The van der Waals surface area contributed by atoms with Gasteiger partial charge in [-0.3, -0.25) is 0 Å². The molecule has 0 fully saturated rings. The minimum atomic E-state index is -0.524. The fraction of sp³-hybridized carbons (Fsp3) is 0.182. The molecule has 0 saturated carbocycles. The molecule has 0 aliphatic rings. The Hall–Kier alpha value is -2.17. The zero-order chi connectivity index (χ0) is 11.7. The summed E-state index contributed by atoms with van der Waals surface area (Å²) >= 11 is 0. The van der Waals surface area contributed by atoms with Crippen molar-refractivity contribution in [1.82, 2.24) is 4.73 Å². The number of nitrogen functional groups attached to an aromatic ring is 1. The van der Waals surface area contributed by atoms with Crippen LogP contribution in [0.4, 0.5) is 5.82 Å². The minimum absolute atomic E-state index is 0.000324. The van der Waals surface area contributed by atoms with Gasteiger partial charge in [0, 0.05) is 5.39 Å². The highest BCUT2D eigenvalue weighted by atomic mass is 16.5. The second kappa shape index (κ2) is 3.77. The van der Waals surface area contributed by atoms with Crippen molar-refractivity contribution < 1.29 is 14.7 Å². The van der Waals surface area contributed by atoms with Crippen molar-refractivity contribution in [3.05, 3.63) is 29.8 Å². The minimum Gasteiger partial charge on any atom is -0.462 e. The lowest BCUT2D eigenvalue weighted by Gasteiger charge is -2.01. The molecule has 5 heteroatoms. The van der Waals surface area contributed by atoms with Crippen LogP contribution in [0, 0.1) is 0 Å². The number of carbonyl (C=O) groups is 1. The van der Waals surface area contributed by atoms with Gasteiger partial charge in [0.1, 0.15) is 5.56 Å². The number of benzene rings is 1. The number of ether oxygens (including phenoxy) is 1. The van der Waals surface area contributed by atoms with Gasteiger partial charge < -0.3 is 15.7 Å². The molecule has 84 valence electrons. The second-order valence-corrected chi connectivity index (χ2v) is 3.31. The molecule has 0 saturated heterocycles. The van der Waals surface area contributed by atoms with E-state index in [1.807, 2.05) is 0 Å². The number of nitrogens with zero attached hydrogens (tertiary/aromatic N) is 1. The summed E-state index contributed by atoms with van der Waals surface area (Å²) in [6, 6.07) is 6.91. The average Bonchev–Trinajstić information content (AvgIpc) is 2.53. The van der Waals surface area contributed by atoms with Gasteiger partial charge in [0.05, 0.1) is 12.1 Å². The summed E-state index contributed by atoms with van der Waals surface area (Å²) in [4.78, 5) is 11.7. The summed E-state index contributed by atoms with van der Waals surface area (Å²) in [6.07, 6.45) is 0. The van der Waals surface area contributed by atoms with Crippen LogP contribution < -0.4 is 5.73 Å². The lowest BCUT2D eigenvalue weighted by Crippen LogP contribution is -2.08. The van der Waals surface area contributed by atoms with E-state index in [-0.39, 0.29) is 18.0 Å². The molecule has 5 nitrogen and oxygen atoms in total. The fourth-order valence-corrected chi connectivity index (χ4v) is 1.66. The smallest absolute Gasteiger partial charge is 0.342 e. The third kappa shape index (κ3) is 1.37. The third-order valence-corrected chi connectivity index (χ3v) is 2.37. The first kappa shape index (κ1) is 10.4. The first-order chi connectivity index (χ1) is 7.66. The molecule has 0 aliphatic heterocycles. The molecule has 0 spiro atoms. The lowest BCUT2D eigenvalue weighted by molar-refractivity contribution is 0.0528. The molecule has 0 radical (unpaired) electrons. The molecule has 0 aliphatic carbocycles. The molecule has 1 heterocycles. The molecule has 1 aromatic carbocycles. The molecule has 0 bridgehead atoms. The molecule has 3 N–H and O–H groups in total. The van der Waals surface area contributed by atoms with E-state index < -0.39 is 5.97 Å². The molecule has 0 amide bonds. The Morgan fingerprint density at radius 3 is 2.88 bits per heavy atom. The Labute approximate surface area is 92.0 Å². The maximum Gasteiger partial charge on any atom is 0.342 e. The van der Waals surface area contributed by atoms with E-state index in [1.165, 1.54) is 0 Å². The number of aromatic nitrogens is 1. The van der Waals surface area contributed by atoms with Crippen LogP contribution in [0.15, 0.2) is 24.3 Å². The van der Waals surface area contributed by atoms with Crippen molar-refractivity contribution in [3.8, 4) is 0 Å². The maximum absolute atomic E-state index is 11.7. The average molecular weight is 220 g/mol. The van der Waals surface area contributed by atoms with E-state index in [9.17, 15) is 10.0 Å². The monoisotopic (exact) mass is 220 g/mol. The van der Waals surface area contributed by atoms with E-state index >= 15 is 0 Å². The van der Waals surface area contributed by atoms with Gasteiger partial charge in [-0.2, -0.15) is 4.73 Å². The Bertz CT molecular complexity index is 545. The number of carbonyl (C=O) groups excluding carboxylic acids is 1. The van der Waals surface area contributed by atoms with Crippen LogP contribution >= 0.6 is 0 Å². The van der Waals surface area contributed by atoms with E-state index in [1.54, 1.807) is 31.2 Å². The Balaban J connectivity index is 2.68. The van der Waals surface area contributed by atoms with Crippen LogP contribution in [0.1, 0.15) is 17.3 Å². The van der Waals surface area contributed by atoms with Gasteiger partial charge >= 0.3 is 5.97 Å². The van der Waals surface area contributed by atoms with Gasteiger partial charge in [0.25, 0.3) is 0 Å². The van der Waals surface area contributed by atoms with Crippen LogP contribution in [0.5, 0.6) is 0 Å². The molecular weight excluding hydrogens is 208 g/mol. The first-order valence-corrected chi connectivity index (χ1v) is 4.92. The normalized spacial score (nSPS) is 10.6. The molecule has 2 aromatic rings. The highest BCUT2D eigenvalue weighted by molar-refractivity contribution is 6.09. The highest BCUT2D eigenvalue weighted by Gasteiger charge is 2.21. The predicted octanol–water partition coefficient (Wildman–Crippen LogP) is 1.64. The molecule has 0 atom stereocenters. The number of hydrogen-bond donors (Lipinski definition) is 2. The van der Waals surface area contributed by atoms with Gasteiger partial charge in [0.15, 0.2) is 5.82 Å². The number of hydrogen-bond acceptors (Lipinski definition) is 4. The fourth-order valence-electron chi connectivity index (χ4n) is 1.66. The van der Waals surface area contributed by atoms with Crippen LogP contribution in [0.2, 0.25) is 0 Å². The van der Waals surface area contributed by atoms with E-state index in [0.29, 0.717) is 10.9 Å². The summed E-state index contributed by atoms with van der Waals surface area (Å²) in [6.45, 7) is 1.98. The number of para-hydroxylation sites is 1. The largest absolute Gasteiger partial charge is 0.462 e. The quantitative estimate of drug-likeness (QED) is 0.595. The van der Waals surface area contributed by atoms with Crippen LogP contribution in [-0.4, -0.2) is 22.5 Å². The van der Waals surface area contributed by atoms with Gasteiger partial charge in [-0.05, 0) is 13.0 Å². The lowest BCUT2D eigenvalue weighted by atomic mass is 10.1. The number of rotatable bonds is 2. The van der Waals surface area contributed by atoms with Crippen LogP contribution in [-0.2, 0) is 4.74 Å². The molecule has 1 aromatic heterocycles. The van der Waals surface area contributed by atoms with Crippen molar-refractivity contribution in [2.75, 3.05) is 12.3 Å². The Kier molecular flexibility index (Phi) is 2.44. The van der Waals surface area contributed by atoms with E-state index in [4.69, 9.17) is 10.5 Å². The van der Waals surface area contributed by atoms with Gasteiger partial charge in [-0.25, -0.2) is 4.79 Å². The topological polar surface area (TPSA) is 77.5 Å². The van der Waals surface area contributed by atoms with Crippen molar-refractivity contribution in [2.45, 2.75) is 6.92 Å². The summed E-state index contributed by atoms with van der Waals surface area (Å²) in [5.74, 6) is -0.524. The van der Waals surface area contributed by atoms with Crippen molar-refractivity contribution in [3.63, 3.8) is 0 Å². The van der Waals surface area contributed by atoms with Crippen LogP contribution in [0.3, 0.4) is 0 Å². The highest BCUT2D eigenvalue weighted by Crippen LogP contribution is 2.27. The molecule has 2 rings (SSSR count). The third-order valence-electron chi connectivity index (χ3n) is 2.37. The number of nitrogens with two attached hydrogens (primary N) is 1. The summed E-state index contributed by atoms with van der Waals surface area (Å²) in [5, 5.41) is 10.3. The number of fused-ring (bicyclic) bond motifs is 1. The number of esters is 1. The van der Waals surface area contributed by atoms with Gasteiger partial charge in [0.2, 0.25) is 0 Å². The Morgan fingerprint density at radius 2 is 2.19 bits per heavy atom. The molecule has 16 heavy (non-hydrogen) atoms. The first-order valence-electron chi connectivity index (χ1n) is 4.92. The zero-order valence-corrected chi connectivity index (χ0v) is 8.80. The zero-order valence-electron chi connectivity index (χ0n) is 8.80. The van der Waals surface area contributed by atoms with E-state index in [2.05, 4.69) is 0 Å². The number of anilines is 1. The van der Waals surface area contributed by atoms with Crippen molar-refractivity contribution in [2.24, 2.45) is 0 Å². The molecular formula is C11H12N2O3. The van der Waals surface area contributed by atoms with Crippen molar-refractivity contribution in [1.29, 1.82) is 0 Å². The summed E-state index contributed by atoms with van der Waals surface area (Å²) in [5.41, 5.74) is 6.36. The van der Waals surface area contributed by atoms with Gasteiger partial charge in [-0.15, -0.1) is 0 Å².